The van der Waals surface area contributed by atoms with Crippen molar-refractivity contribution in [3.63, 3.8) is 0 Å². The molecule has 0 aliphatic rings. The lowest BCUT2D eigenvalue weighted by Crippen LogP contribution is -2.50. The molecule has 1 amide bonds. The first-order chi connectivity index (χ1) is 9.97. The number of hydrogen-bond donors (Lipinski definition) is 0. The Balaban J connectivity index is 3.13. The van der Waals surface area contributed by atoms with Crippen LogP contribution in [0.3, 0.4) is 0 Å². The van der Waals surface area contributed by atoms with E-state index in [4.69, 9.17) is 4.74 Å². The Labute approximate surface area is 135 Å². The zero-order chi connectivity index (χ0) is 17.1. The third-order valence-electron chi connectivity index (χ3n) is 3.74. The van der Waals surface area contributed by atoms with Crippen molar-refractivity contribution in [2.45, 2.75) is 58.6 Å². The molecule has 0 heterocycles. The molecule has 0 fully saturated rings. The molecule has 0 spiro atoms. The number of ether oxygens (including phenoxy) is 1. The van der Waals surface area contributed by atoms with Crippen LogP contribution < -0.4 is 0 Å². The van der Waals surface area contributed by atoms with E-state index >= 15 is 0 Å². The number of rotatable bonds is 4. The highest BCUT2D eigenvalue weighted by atomic mass is 16.6. The first-order valence-electron chi connectivity index (χ1n) is 7.63. The van der Waals surface area contributed by atoms with E-state index in [9.17, 15) is 4.79 Å². The second-order valence-corrected chi connectivity index (χ2v) is 7.43. The maximum Gasteiger partial charge on any atom is 0.410 e. The van der Waals surface area contributed by atoms with Crippen LogP contribution in [0.5, 0.6) is 0 Å². The Morgan fingerprint density at radius 3 is 2.05 bits per heavy atom. The lowest BCUT2D eigenvalue weighted by atomic mass is 9.74. The SMILES string of the molecule is C=C(C)C(N(C)C(=O)OC(C)(C)C)C(C)(C)c1ccccc1. The van der Waals surface area contributed by atoms with Crippen LogP contribution >= 0.6 is 0 Å². The van der Waals surface area contributed by atoms with Crippen molar-refractivity contribution in [1.29, 1.82) is 0 Å². The zero-order valence-corrected chi connectivity index (χ0v) is 14.9. The second kappa shape index (κ2) is 6.55. The van der Waals surface area contributed by atoms with E-state index in [1.165, 1.54) is 5.56 Å². The molecule has 0 saturated heterocycles. The predicted octanol–water partition coefficient (Wildman–Crippen LogP) is 4.78. The largest absolute Gasteiger partial charge is 0.444 e. The highest BCUT2D eigenvalue weighted by Crippen LogP contribution is 2.34. The van der Waals surface area contributed by atoms with Gasteiger partial charge in [0, 0.05) is 12.5 Å². The van der Waals surface area contributed by atoms with E-state index < -0.39 is 5.60 Å². The van der Waals surface area contributed by atoms with Gasteiger partial charge in [-0.15, -0.1) is 0 Å². The molecule has 1 aromatic carbocycles. The highest BCUT2D eigenvalue weighted by Gasteiger charge is 2.38. The minimum Gasteiger partial charge on any atom is -0.444 e. The van der Waals surface area contributed by atoms with Gasteiger partial charge in [0.2, 0.25) is 0 Å². The molecule has 0 saturated carbocycles. The van der Waals surface area contributed by atoms with E-state index in [1.807, 2.05) is 45.9 Å². The van der Waals surface area contributed by atoms with Crippen LogP contribution in [0.25, 0.3) is 0 Å². The van der Waals surface area contributed by atoms with E-state index in [0.29, 0.717) is 0 Å². The fourth-order valence-corrected chi connectivity index (χ4v) is 2.90. The van der Waals surface area contributed by atoms with Crippen LogP contribution in [-0.2, 0) is 10.2 Å². The Hall–Kier alpha value is -1.77. The van der Waals surface area contributed by atoms with E-state index in [2.05, 4.69) is 32.6 Å². The number of likely N-dealkylation sites (N-methyl/N-ethyl adjacent to an activating group) is 1. The van der Waals surface area contributed by atoms with Gasteiger partial charge in [-0.3, -0.25) is 0 Å². The van der Waals surface area contributed by atoms with Gasteiger partial charge in [-0.05, 0) is 33.3 Å². The second-order valence-electron chi connectivity index (χ2n) is 7.43. The summed E-state index contributed by atoms with van der Waals surface area (Å²) < 4.78 is 5.51. The van der Waals surface area contributed by atoms with E-state index in [1.54, 1.807) is 11.9 Å². The topological polar surface area (TPSA) is 29.5 Å². The molecule has 122 valence electrons. The number of carbonyl (C=O) groups is 1. The van der Waals surface area contributed by atoms with Gasteiger partial charge < -0.3 is 9.64 Å². The molecule has 0 radical (unpaired) electrons. The van der Waals surface area contributed by atoms with Crippen molar-refractivity contribution in [3.8, 4) is 0 Å². The molecule has 1 atom stereocenters. The summed E-state index contributed by atoms with van der Waals surface area (Å²) in [5.41, 5.74) is 1.32. The van der Waals surface area contributed by atoms with Gasteiger partial charge in [0.1, 0.15) is 5.60 Å². The number of amides is 1. The minimum absolute atomic E-state index is 0.148. The Morgan fingerprint density at radius 2 is 1.64 bits per heavy atom. The Kier molecular flexibility index (Phi) is 5.44. The van der Waals surface area contributed by atoms with Crippen molar-refractivity contribution in [1.82, 2.24) is 4.90 Å². The lowest BCUT2D eigenvalue weighted by Gasteiger charge is -2.41. The molecule has 0 aliphatic heterocycles. The third-order valence-corrected chi connectivity index (χ3v) is 3.74. The number of nitrogens with zero attached hydrogens (tertiary/aromatic N) is 1. The van der Waals surface area contributed by atoms with Crippen LogP contribution in [0.2, 0.25) is 0 Å². The van der Waals surface area contributed by atoms with Crippen molar-refractivity contribution < 1.29 is 9.53 Å². The van der Waals surface area contributed by atoms with Gasteiger partial charge in [0.05, 0.1) is 6.04 Å². The molecule has 3 nitrogen and oxygen atoms in total. The van der Waals surface area contributed by atoms with Crippen molar-refractivity contribution in [2.75, 3.05) is 7.05 Å². The lowest BCUT2D eigenvalue weighted by molar-refractivity contribution is 0.0192. The van der Waals surface area contributed by atoms with Gasteiger partial charge in [-0.1, -0.05) is 56.3 Å². The van der Waals surface area contributed by atoms with E-state index in [0.717, 1.165) is 5.57 Å². The minimum atomic E-state index is -0.512. The fraction of sp³-hybridized carbons (Fsp3) is 0.526. The summed E-state index contributed by atoms with van der Waals surface area (Å²) in [5, 5.41) is 0. The zero-order valence-electron chi connectivity index (χ0n) is 14.9. The molecule has 3 heteroatoms. The molecule has 0 N–H and O–H groups in total. The van der Waals surface area contributed by atoms with Gasteiger partial charge in [0.15, 0.2) is 0 Å². The average Bonchev–Trinajstić information content (AvgIpc) is 2.37. The van der Waals surface area contributed by atoms with Gasteiger partial charge >= 0.3 is 6.09 Å². The highest BCUT2D eigenvalue weighted by molar-refractivity contribution is 5.69. The van der Waals surface area contributed by atoms with Crippen LogP contribution in [0.4, 0.5) is 4.79 Å². The molecule has 0 aliphatic carbocycles. The van der Waals surface area contributed by atoms with Crippen LogP contribution in [0.15, 0.2) is 42.5 Å². The van der Waals surface area contributed by atoms with Gasteiger partial charge in [0.25, 0.3) is 0 Å². The molecule has 1 rings (SSSR count). The molecular weight excluding hydrogens is 274 g/mol. The summed E-state index contributed by atoms with van der Waals surface area (Å²) in [6.07, 6.45) is -0.329. The third kappa shape index (κ3) is 4.36. The quantitative estimate of drug-likeness (QED) is 0.749. The molecule has 1 unspecified atom stereocenters. The first-order valence-corrected chi connectivity index (χ1v) is 7.63. The summed E-state index contributed by atoms with van der Waals surface area (Å²) in [4.78, 5) is 14.1. The Morgan fingerprint density at radius 1 is 1.14 bits per heavy atom. The van der Waals surface area contributed by atoms with Gasteiger partial charge in [-0.25, -0.2) is 4.79 Å². The number of carbonyl (C=O) groups excluding carboxylic acids is 1. The molecular formula is C19H29NO2. The Bertz CT molecular complexity index is 526. The molecule has 1 aromatic rings. The standard InChI is InChI=1S/C19H29NO2/c1-14(2)16(20(8)17(21)22-18(3,4)5)19(6,7)15-12-10-9-11-13-15/h9-13,16H,1H2,2-8H3. The molecule has 22 heavy (non-hydrogen) atoms. The van der Waals surface area contributed by atoms with Crippen molar-refractivity contribution in [2.24, 2.45) is 0 Å². The van der Waals surface area contributed by atoms with Crippen LogP contribution in [0.1, 0.15) is 47.1 Å². The van der Waals surface area contributed by atoms with Gasteiger partial charge in [-0.2, -0.15) is 0 Å². The predicted molar refractivity (Wildman–Crippen MR) is 92.1 cm³/mol. The summed E-state index contributed by atoms with van der Waals surface area (Å²) >= 11 is 0. The maximum absolute atomic E-state index is 12.4. The average molecular weight is 303 g/mol. The summed E-state index contributed by atoms with van der Waals surface area (Å²) in [7, 11) is 1.78. The van der Waals surface area contributed by atoms with Crippen molar-refractivity contribution in [3.05, 3.63) is 48.0 Å². The van der Waals surface area contributed by atoms with Crippen molar-refractivity contribution >= 4 is 6.09 Å². The summed E-state index contributed by atoms with van der Waals surface area (Å²) in [6, 6.07) is 10.0. The fourth-order valence-electron chi connectivity index (χ4n) is 2.90. The molecule has 0 bridgehead atoms. The number of benzene rings is 1. The maximum atomic E-state index is 12.4. The smallest absolute Gasteiger partial charge is 0.410 e. The van der Waals surface area contributed by atoms with Crippen LogP contribution in [-0.4, -0.2) is 29.7 Å². The monoisotopic (exact) mass is 303 g/mol. The number of hydrogen-bond acceptors (Lipinski definition) is 2. The normalized spacial score (nSPS) is 13.4. The summed E-state index contributed by atoms with van der Waals surface area (Å²) in [5.74, 6) is 0. The van der Waals surface area contributed by atoms with E-state index in [-0.39, 0.29) is 17.6 Å². The van der Waals surface area contributed by atoms with Crippen LogP contribution in [0, 0.1) is 0 Å². The molecule has 0 aromatic heterocycles. The summed E-state index contributed by atoms with van der Waals surface area (Å²) in [6.45, 7) is 15.9. The first kappa shape index (κ1) is 18.3.